The summed E-state index contributed by atoms with van der Waals surface area (Å²) in [5.41, 5.74) is 0. The molecule has 0 aromatic rings. The molecule has 2 aliphatic heterocycles. The Morgan fingerprint density at radius 2 is 1.59 bits per heavy atom. The Labute approximate surface area is 133 Å². The van der Waals surface area contributed by atoms with E-state index in [1.807, 2.05) is 4.90 Å². The number of piperazine rings is 1. The Kier molecular flexibility index (Phi) is 4.75. The van der Waals surface area contributed by atoms with Crippen LogP contribution in [0.3, 0.4) is 0 Å². The van der Waals surface area contributed by atoms with Gasteiger partial charge in [0, 0.05) is 45.2 Å². The van der Waals surface area contributed by atoms with E-state index in [0.717, 1.165) is 32.1 Å². The predicted octanol–water partition coefficient (Wildman–Crippen LogP) is 0.907. The largest absolute Gasteiger partial charge is 0.340 e. The molecule has 126 valence electrons. The summed E-state index contributed by atoms with van der Waals surface area (Å²) >= 11 is 0. The molecule has 1 saturated carbocycles. The second-order valence-corrected chi connectivity index (χ2v) is 8.89. The van der Waals surface area contributed by atoms with Crippen LogP contribution in [0.5, 0.6) is 0 Å². The Balaban J connectivity index is 1.56. The van der Waals surface area contributed by atoms with E-state index >= 15 is 0 Å². The minimum atomic E-state index is -3.35. The fraction of sp³-hybridized carbons (Fsp3) is 0.933. The summed E-state index contributed by atoms with van der Waals surface area (Å²) in [6, 6.07) is 0. The van der Waals surface area contributed by atoms with Crippen LogP contribution in [0, 0.1) is 11.8 Å². The maximum atomic E-state index is 12.7. The van der Waals surface area contributed by atoms with Crippen molar-refractivity contribution >= 4 is 16.1 Å². The van der Waals surface area contributed by atoms with Crippen molar-refractivity contribution in [3.63, 3.8) is 0 Å². The molecule has 6 nitrogen and oxygen atoms in total. The highest BCUT2D eigenvalue weighted by Crippen LogP contribution is 2.29. The van der Waals surface area contributed by atoms with Crippen molar-refractivity contribution in [3.8, 4) is 0 Å². The number of nitrogens with zero attached hydrogens (tertiary/aromatic N) is 3. The van der Waals surface area contributed by atoms with Crippen LogP contribution in [-0.2, 0) is 15.0 Å². The van der Waals surface area contributed by atoms with Crippen molar-refractivity contribution < 1.29 is 13.2 Å². The van der Waals surface area contributed by atoms with Crippen LogP contribution in [0.15, 0.2) is 0 Å². The van der Waals surface area contributed by atoms with Crippen molar-refractivity contribution in [1.29, 1.82) is 0 Å². The fourth-order valence-corrected chi connectivity index (χ4v) is 5.33. The molecule has 0 unspecified atom stereocenters. The van der Waals surface area contributed by atoms with E-state index in [1.165, 1.54) is 0 Å². The smallest absolute Gasteiger partial charge is 0.282 e. The van der Waals surface area contributed by atoms with Gasteiger partial charge in [0.1, 0.15) is 0 Å². The molecule has 0 spiro atoms. The van der Waals surface area contributed by atoms with Crippen LogP contribution in [0.2, 0.25) is 0 Å². The van der Waals surface area contributed by atoms with Crippen LogP contribution in [0.25, 0.3) is 0 Å². The van der Waals surface area contributed by atoms with Gasteiger partial charge in [-0.25, -0.2) is 0 Å². The summed E-state index contributed by atoms with van der Waals surface area (Å²) in [7, 11) is -3.35. The zero-order valence-corrected chi connectivity index (χ0v) is 14.2. The Bertz CT molecular complexity index is 510. The average molecular weight is 329 g/mol. The van der Waals surface area contributed by atoms with Crippen LogP contribution < -0.4 is 0 Å². The first-order valence-electron chi connectivity index (χ1n) is 8.52. The molecule has 22 heavy (non-hydrogen) atoms. The molecule has 0 aromatic heterocycles. The van der Waals surface area contributed by atoms with Crippen molar-refractivity contribution in [3.05, 3.63) is 0 Å². The highest BCUT2D eigenvalue weighted by molar-refractivity contribution is 7.86. The van der Waals surface area contributed by atoms with Gasteiger partial charge in [0.2, 0.25) is 5.91 Å². The molecule has 0 N–H and O–H groups in total. The maximum absolute atomic E-state index is 12.7. The highest BCUT2D eigenvalue weighted by atomic mass is 32.2. The van der Waals surface area contributed by atoms with Crippen LogP contribution >= 0.6 is 0 Å². The molecule has 1 amide bonds. The summed E-state index contributed by atoms with van der Waals surface area (Å²) in [4.78, 5) is 14.1. The van der Waals surface area contributed by atoms with Gasteiger partial charge in [0.05, 0.1) is 0 Å². The first-order chi connectivity index (χ1) is 10.5. The lowest BCUT2D eigenvalue weighted by Gasteiger charge is -2.40. The van der Waals surface area contributed by atoms with E-state index in [2.05, 4.69) is 6.92 Å². The fourth-order valence-electron chi connectivity index (χ4n) is 3.57. The van der Waals surface area contributed by atoms with Gasteiger partial charge in [-0.3, -0.25) is 4.79 Å². The molecule has 2 heterocycles. The number of hydrogen-bond donors (Lipinski definition) is 0. The molecule has 0 bridgehead atoms. The van der Waals surface area contributed by atoms with Gasteiger partial charge < -0.3 is 4.90 Å². The van der Waals surface area contributed by atoms with Gasteiger partial charge in [-0.2, -0.15) is 17.0 Å². The minimum Gasteiger partial charge on any atom is -0.340 e. The molecule has 3 aliphatic rings. The molecule has 2 saturated heterocycles. The second-order valence-electron chi connectivity index (χ2n) is 6.97. The number of carbonyl (C=O) groups excluding carboxylic acids is 1. The van der Waals surface area contributed by atoms with E-state index in [9.17, 15) is 13.2 Å². The van der Waals surface area contributed by atoms with Crippen molar-refractivity contribution in [2.75, 3.05) is 39.3 Å². The van der Waals surface area contributed by atoms with Gasteiger partial charge >= 0.3 is 0 Å². The van der Waals surface area contributed by atoms with Gasteiger partial charge in [-0.15, -0.1) is 0 Å². The van der Waals surface area contributed by atoms with E-state index in [-0.39, 0.29) is 11.8 Å². The molecule has 1 atom stereocenters. The van der Waals surface area contributed by atoms with E-state index in [1.54, 1.807) is 8.61 Å². The molecule has 1 aliphatic carbocycles. The van der Waals surface area contributed by atoms with E-state index < -0.39 is 10.2 Å². The predicted molar refractivity (Wildman–Crippen MR) is 84.4 cm³/mol. The zero-order valence-electron chi connectivity index (χ0n) is 13.4. The molecule has 0 radical (unpaired) electrons. The van der Waals surface area contributed by atoms with Gasteiger partial charge in [-0.1, -0.05) is 13.3 Å². The average Bonchev–Trinajstić information content (AvgIpc) is 2.45. The maximum Gasteiger partial charge on any atom is 0.282 e. The van der Waals surface area contributed by atoms with Gasteiger partial charge in [0.25, 0.3) is 10.2 Å². The first-order valence-corrected chi connectivity index (χ1v) is 9.92. The minimum absolute atomic E-state index is 0.200. The quantitative estimate of drug-likeness (QED) is 0.773. The lowest BCUT2D eigenvalue weighted by atomic mass is 9.84. The normalized spacial score (nSPS) is 29.3. The topological polar surface area (TPSA) is 60.9 Å². The molecule has 3 fully saturated rings. The van der Waals surface area contributed by atoms with Crippen molar-refractivity contribution in [2.24, 2.45) is 11.8 Å². The number of piperidine rings is 1. The summed E-state index contributed by atoms with van der Waals surface area (Å²) in [6.07, 6.45) is 5.21. The molecular formula is C15H27N3O3S. The summed E-state index contributed by atoms with van der Waals surface area (Å²) < 4.78 is 28.6. The molecule has 3 rings (SSSR count). The SMILES string of the molecule is C[C@@H]1CCCN(S(=O)(=O)N2CCN(C(=O)C3CCC3)CC2)C1. The lowest BCUT2D eigenvalue weighted by Crippen LogP contribution is -2.56. The van der Waals surface area contributed by atoms with Gasteiger partial charge in [-0.05, 0) is 31.6 Å². The van der Waals surface area contributed by atoms with Gasteiger partial charge in [0.15, 0.2) is 0 Å². The van der Waals surface area contributed by atoms with E-state index in [4.69, 9.17) is 0 Å². The third-order valence-electron chi connectivity index (χ3n) is 5.28. The third kappa shape index (κ3) is 3.16. The zero-order chi connectivity index (χ0) is 15.7. The third-order valence-corrected chi connectivity index (χ3v) is 7.28. The Morgan fingerprint density at radius 3 is 2.14 bits per heavy atom. The Hall–Kier alpha value is -0.660. The van der Waals surface area contributed by atoms with Crippen molar-refractivity contribution in [1.82, 2.24) is 13.5 Å². The number of carbonyl (C=O) groups is 1. The van der Waals surface area contributed by atoms with Crippen LogP contribution in [-0.4, -0.2) is 67.1 Å². The second kappa shape index (κ2) is 6.45. The first kappa shape index (κ1) is 16.2. The highest BCUT2D eigenvalue weighted by Gasteiger charge is 2.37. The van der Waals surface area contributed by atoms with Crippen LogP contribution in [0.1, 0.15) is 39.0 Å². The number of amides is 1. The molecule has 0 aromatic carbocycles. The summed E-state index contributed by atoms with van der Waals surface area (Å²) in [6.45, 7) is 5.32. The van der Waals surface area contributed by atoms with Crippen molar-refractivity contribution in [2.45, 2.75) is 39.0 Å². The standard InChI is InChI=1S/C15H27N3O3S/c1-13-4-3-7-18(12-13)22(20,21)17-10-8-16(9-11-17)15(19)14-5-2-6-14/h13-14H,2-12H2,1H3/t13-/m1/s1. The van der Waals surface area contributed by atoms with E-state index in [0.29, 0.717) is 45.2 Å². The molecule has 7 heteroatoms. The molecular weight excluding hydrogens is 302 g/mol. The lowest BCUT2D eigenvalue weighted by molar-refractivity contribution is -0.139. The monoisotopic (exact) mass is 329 g/mol. The van der Waals surface area contributed by atoms with Crippen LogP contribution in [0.4, 0.5) is 0 Å². The number of hydrogen-bond acceptors (Lipinski definition) is 3. The number of rotatable bonds is 3. The summed E-state index contributed by atoms with van der Waals surface area (Å²) in [5.74, 6) is 0.867. The Morgan fingerprint density at radius 1 is 0.909 bits per heavy atom. The summed E-state index contributed by atoms with van der Waals surface area (Å²) in [5, 5.41) is 0.